The summed E-state index contributed by atoms with van der Waals surface area (Å²) in [5, 5.41) is 5.22. The van der Waals surface area contributed by atoms with Crippen molar-refractivity contribution in [3.8, 4) is 34.3 Å². The first-order valence-electron chi connectivity index (χ1n) is 8.59. The molecule has 1 aromatic heterocycles. The fourth-order valence-electron chi connectivity index (χ4n) is 3.42. The van der Waals surface area contributed by atoms with Crippen LogP contribution in [-0.4, -0.2) is 32.2 Å². The smallest absolute Gasteiger partial charge is 0.231 e. The number of pyridine rings is 1. The zero-order valence-electron chi connectivity index (χ0n) is 14.4. The van der Waals surface area contributed by atoms with Gasteiger partial charge in [0.15, 0.2) is 23.0 Å². The first-order valence-corrected chi connectivity index (χ1v) is 8.59. The molecule has 132 valence electrons. The van der Waals surface area contributed by atoms with Crippen molar-refractivity contribution in [2.24, 2.45) is 0 Å². The van der Waals surface area contributed by atoms with Gasteiger partial charge < -0.3 is 24.3 Å². The van der Waals surface area contributed by atoms with Crippen LogP contribution in [0, 0.1) is 0 Å². The van der Waals surface area contributed by atoms with E-state index in [0.29, 0.717) is 0 Å². The van der Waals surface area contributed by atoms with E-state index in [4.69, 9.17) is 23.9 Å². The number of rotatable bonds is 4. The second kappa shape index (κ2) is 6.07. The molecule has 2 aromatic carbocycles. The van der Waals surface area contributed by atoms with E-state index in [-0.39, 0.29) is 13.6 Å². The molecule has 6 nitrogen and oxygen atoms in total. The van der Waals surface area contributed by atoms with Crippen LogP contribution in [0.2, 0.25) is 0 Å². The van der Waals surface area contributed by atoms with Crippen molar-refractivity contribution in [2.45, 2.75) is 6.42 Å². The van der Waals surface area contributed by atoms with E-state index in [9.17, 15) is 0 Å². The summed E-state index contributed by atoms with van der Waals surface area (Å²) in [6.07, 6.45) is 2.73. The van der Waals surface area contributed by atoms with Gasteiger partial charge in [-0.1, -0.05) is 6.07 Å². The van der Waals surface area contributed by atoms with Crippen molar-refractivity contribution in [1.82, 2.24) is 10.3 Å². The number of likely N-dealkylation sites (N-methyl/N-ethyl adjacent to an activating group) is 1. The highest BCUT2D eigenvalue weighted by Gasteiger charge is 2.20. The highest BCUT2D eigenvalue weighted by molar-refractivity contribution is 5.93. The van der Waals surface area contributed by atoms with Crippen LogP contribution >= 0.6 is 0 Å². The van der Waals surface area contributed by atoms with Crippen LogP contribution in [0.1, 0.15) is 5.56 Å². The molecule has 5 rings (SSSR count). The Morgan fingerprint density at radius 2 is 1.77 bits per heavy atom. The third-order valence-electron chi connectivity index (χ3n) is 4.76. The Morgan fingerprint density at radius 3 is 2.65 bits per heavy atom. The van der Waals surface area contributed by atoms with E-state index >= 15 is 0 Å². The molecule has 2 aliphatic heterocycles. The van der Waals surface area contributed by atoms with Crippen molar-refractivity contribution in [2.75, 3.05) is 27.2 Å². The van der Waals surface area contributed by atoms with Crippen LogP contribution in [-0.2, 0) is 6.42 Å². The van der Waals surface area contributed by atoms with E-state index in [2.05, 4.69) is 17.4 Å². The summed E-state index contributed by atoms with van der Waals surface area (Å²) in [6.45, 7) is 1.39. The zero-order chi connectivity index (χ0) is 17.5. The molecule has 0 fully saturated rings. The normalized spacial score (nSPS) is 14.2. The Kier molecular flexibility index (Phi) is 3.57. The standard InChI is InChI=1S/C20H18N2O4/c1-21-5-4-13-7-18-19(25-10-24-18)8-14(13)16-6-12-2-3-17-20(26-11-23-17)15(12)9-22-16/h2-3,6-9,21H,4-5,10-11H2,1H3. The minimum absolute atomic E-state index is 0.256. The van der Waals surface area contributed by atoms with Crippen molar-refractivity contribution in [3.05, 3.63) is 42.1 Å². The van der Waals surface area contributed by atoms with Crippen LogP contribution in [0.15, 0.2) is 36.5 Å². The van der Waals surface area contributed by atoms with Crippen molar-refractivity contribution < 1.29 is 18.9 Å². The number of hydrogen-bond acceptors (Lipinski definition) is 6. The number of fused-ring (bicyclic) bond motifs is 4. The van der Waals surface area contributed by atoms with Gasteiger partial charge in [-0.15, -0.1) is 0 Å². The molecular formula is C20H18N2O4. The lowest BCUT2D eigenvalue weighted by Gasteiger charge is -2.12. The Balaban J connectivity index is 1.64. The van der Waals surface area contributed by atoms with Crippen LogP contribution in [0.25, 0.3) is 22.0 Å². The molecule has 2 aliphatic rings. The van der Waals surface area contributed by atoms with E-state index in [1.807, 2.05) is 31.4 Å². The molecule has 0 amide bonds. The SMILES string of the molecule is CNCCc1cc2c(cc1-c1cc3ccc4c(c3cn1)OCO4)OCO2. The Bertz CT molecular complexity index is 1000. The maximum atomic E-state index is 5.59. The maximum Gasteiger partial charge on any atom is 0.231 e. The largest absolute Gasteiger partial charge is 0.454 e. The van der Waals surface area contributed by atoms with Gasteiger partial charge in [0.05, 0.1) is 5.69 Å². The van der Waals surface area contributed by atoms with Gasteiger partial charge in [0.2, 0.25) is 13.6 Å². The quantitative estimate of drug-likeness (QED) is 0.780. The van der Waals surface area contributed by atoms with E-state index in [1.165, 1.54) is 5.56 Å². The molecule has 0 aliphatic carbocycles. The molecule has 0 radical (unpaired) electrons. The second-order valence-corrected chi connectivity index (χ2v) is 6.31. The third-order valence-corrected chi connectivity index (χ3v) is 4.76. The Hall–Kier alpha value is -2.99. The van der Waals surface area contributed by atoms with Crippen molar-refractivity contribution >= 4 is 10.8 Å². The topological polar surface area (TPSA) is 61.8 Å². The summed E-state index contributed by atoms with van der Waals surface area (Å²) >= 11 is 0. The van der Waals surface area contributed by atoms with Crippen LogP contribution in [0.5, 0.6) is 23.0 Å². The average molecular weight is 350 g/mol. The van der Waals surface area contributed by atoms with Crippen LogP contribution in [0.4, 0.5) is 0 Å². The number of aromatic nitrogens is 1. The Morgan fingerprint density at radius 1 is 0.962 bits per heavy atom. The molecule has 0 saturated heterocycles. The molecule has 26 heavy (non-hydrogen) atoms. The summed E-state index contributed by atoms with van der Waals surface area (Å²) in [6, 6.07) is 10.1. The highest BCUT2D eigenvalue weighted by Crippen LogP contribution is 2.42. The highest BCUT2D eigenvalue weighted by atomic mass is 16.7. The first kappa shape index (κ1) is 15.3. The van der Waals surface area contributed by atoms with Crippen LogP contribution < -0.4 is 24.3 Å². The van der Waals surface area contributed by atoms with Gasteiger partial charge in [0, 0.05) is 17.1 Å². The maximum absolute atomic E-state index is 5.59. The number of benzene rings is 2. The summed E-state index contributed by atoms with van der Waals surface area (Å²) in [5.41, 5.74) is 3.14. The average Bonchev–Trinajstić information content (AvgIpc) is 3.33. The van der Waals surface area contributed by atoms with Gasteiger partial charge in [-0.3, -0.25) is 4.98 Å². The molecule has 1 N–H and O–H groups in total. The zero-order valence-corrected chi connectivity index (χ0v) is 14.4. The number of nitrogens with one attached hydrogen (secondary N) is 1. The second-order valence-electron chi connectivity index (χ2n) is 6.31. The number of ether oxygens (including phenoxy) is 4. The molecule has 0 atom stereocenters. The van der Waals surface area contributed by atoms with Gasteiger partial charge in [-0.05, 0) is 55.2 Å². The number of nitrogens with zero attached hydrogens (tertiary/aromatic N) is 1. The Labute approximate surface area is 150 Å². The molecule has 0 spiro atoms. The van der Waals surface area contributed by atoms with Crippen molar-refractivity contribution in [1.29, 1.82) is 0 Å². The van der Waals surface area contributed by atoms with E-state index in [0.717, 1.165) is 58.0 Å². The monoisotopic (exact) mass is 350 g/mol. The first-order chi connectivity index (χ1) is 12.8. The van der Waals surface area contributed by atoms with E-state index in [1.54, 1.807) is 0 Å². The minimum Gasteiger partial charge on any atom is -0.454 e. The van der Waals surface area contributed by atoms with Crippen molar-refractivity contribution in [3.63, 3.8) is 0 Å². The summed E-state index contributed by atoms with van der Waals surface area (Å²) in [5.74, 6) is 3.09. The predicted molar refractivity (Wildman–Crippen MR) is 97.1 cm³/mol. The molecule has 3 aromatic rings. The van der Waals surface area contributed by atoms with Crippen LogP contribution in [0.3, 0.4) is 0 Å². The fraction of sp³-hybridized carbons (Fsp3) is 0.250. The molecule has 6 heteroatoms. The predicted octanol–water partition coefficient (Wildman–Crippen LogP) is 3.12. The molecule has 0 unspecified atom stereocenters. The summed E-state index contributed by atoms with van der Waals surface area (Å²) in [7, 11) is 1.95. The lowest BCUT2D eigenvalue weighted by molar-refractivity contribution is 0.174. The fourth-order valence-corrected chi connectivity index (χ4v) is 3.42. The molecule has 3 heterocycles. The molecular weight excluding hydrogens is 332 g/mol. The third kappa shape index (κ3) is 2.42. The summed E-state index contributed by atoms with van der Waals surface area (Å²) in [4.78, 5) is 4.70. The lowest BCUT2D eigenvalue weighted by atomic mass is 9.98. The summed E-state index contributed by atoms with van der Waals surface area (Å²) < 4.78 is 22.1. The van der Waals surface area contributed by atoms with Gasteiger partial charge in [0.1, 0.15) is 0 Å². The molecule has 0 saturated carbocycles. The van der Waals surface area contributed by atoms with E-state index < -0.39 is 0 Å². The van der Waals surface area contributed by atoms with Gasteiger partial charge in [-0.25, -0.2) is 0 Å². The lowest BCUT2D eigenvalue weighted by Crippen LogP contribution is -2.11. The molecule has 0 bridgehead atoms. The van der Waals surface area contributed by atoms with Gasteiger partial charge in [-0.2, -0.15) is 0 Å². The van der Waals surface area contributed by atoms with Gasteiger partial charge in [0.25, 0.3) is 0 Å². The number of hydrogen-bond donors (Lipinski definition) is 1. The van der Waals surface area contributed by atoms with Gasteiger partial charge >= 0.3 is 0 Å². The minimum atomic E-state index is 0.256.